The summed E-state index contributed by atoms with van der Waals surface area (Å²) in [6.07, 6.45) is 6.29. The van der Waals surface area contributed by atoms with Gasteiger partial charge in [-0.05, 0) is 30.9 Å². The second kappa shape index (κ2) is 10.3. The van der Waals surface area contributed by atoms with E-state index in [1.165, 1.54) is 13.2 Å². The van der Waals surface area contributed by atoms with Gasteiger partial charge < -0.3 is 19.7 Å². The minimum atomic E-state index is -0.948. The number of nitrogens with one attached hydrogen (secondary N) is 1. The monoisotopic (exact) mass is 448 g/mol. The zero-order valence-corrected chi connectivity index (χ0v) is 20.0. The largest absolute Gasteiger partial charge is 0.493 e. The normalized spacial score (nSPS) is 23.9. The van der Waals surface area contributed by atoms with Gasteiger partial charge in [-0.1, -0.05) is 40.2 Å². The average molecular weight is 449 g/mol. The molecule has 2 aliphatic rings. The van der Waals surface area contributed by atoms with Gasteiger partial charge >= 0.3 is 5.97 Å². The van der Waals surface area contributed by atoms with Crippen LogP contribution in [0.15, 0.2) is 24.0 Å². The maximum Gasteiger partial charge on any atom is 0.306 e. The van der Waals surface area contributed by atoms with Crippen molar-refractivity contribution in [2.24, 2.45) is 16.7 Å². The summed E-state index contributed by atoms with van der Waals surface area (Å²) in [4.78, 5) is 52.9. The molecule has 3 atom stereocenters. The molecule has 0 aromatic carbocycles. The lowest BCUT2D eigenvalue weighted by Crippen LogP contribution is -2.55. The number of esters is 1. The summed E-state index contributed by atoms with van der Waals surface area (Å²) in [7, 11) is 1.39. The highest BCUT2D eigenvalue weighted by molar-refractivity contribution is 6.04. The zero-order valence-electron chi connectivity index (χ0n) is 20.0. The van der Waals surface area contributed by atoms with Crippen LogP contribution < -0.4 is 5.32 Å². The van der Waals surface area contributed by atoms with Crippen molar-refractivity contribution < 1.29 is 28.7 Å². The lowest BCUT2D eigenvalue weighted by atomic mass is 9.73. The van der Waals surface area contributed by atoms with Crippen LogP contribution in [0.3, 0.4) is 0 Å². The van der Waals surface area contributed by atoms with Crippen LogP contribution in [0.5, 0.6) is 0 Å². The van der Waals surface area contributed by atoms with Crippen molar-refractivity contribution in [3.05, 3.63) is 24.0 Å². The molecule has 8 heteroatoms. The summed E-state index contributed by atoms with van der Waals surface area (Å²) < 4.78 is 10.3. The molecule has 178 valence electrons. The van der Waals surface area contributed by atoms with E-state index < -0.39 is 28.8 Å². The number of allylic oxidation sites excluding steroid dienone is 1. The van der Waals surface area contributed by atoms with E-state index in [2.05, 4.69) is 5.32 Å². The third kappa shape index (κ3) is 5.40. The first-order chi connectivity index (χ1) is 15.0. The van der Waals surface area contributed by atoms with E-state index in [1.807, 2.05) is 27.7 Å². The van der Waals surface area contributed by atoms with Crippen molar-refractivity contribution in [2.75, 3.05) is 26.8 Å². The van der Waals surface area contributed by atoms with Crippen molar-refractivity contribution in [2.45, 2.75) is 59.9 Å². The van der Waals surface area contributed by atoms with E-state index in [1.54, 1.807) is 24.0 Å². The van der Waals surface area contributed by atoms with Crippen molar-refractivity contribution in [1.82, 2.24) is 10.2 Å². The Kier molecular flexibility index (Phi) is 8.26. The van der Waals surface area contributed by atoms with Gasteiger partial charge in [0.15, 0.2) is 5.76 Å². The van der Waals surface area contributed by atoms with Crippen LogP contribution in [-0.2, 0) is 28.7 Å². The van der Waals surface area contributed by atoms with Gasteiger partial charge in [-0.2, -0.15) is 0 Å². The molecule has 2 rings (SSSR count). The van der Waals surface area contributed by atoms with E-state index in [0.29, 0.717) is 6.54 Å². The second-order valence-electron chi connectivity index (χ2n) is 9.46. The molecule has 1 N–H and O–H groups in total. The van der Waals surface area contributed by atoms with Crippen LogP contribution in [0, 0.1) is 16.7 Å². The Morgan fingerprint density at radius 3 is 2.53 bits per heavy atom. The third-order valence-electron chi connectivity index (χ3n) is 5.97. The molecule has 1 aliphatic heterocycles. The van der Waals surface area contributed by atoms with Gasteiger partial charge in [0.25, 0.3) is 0 Å². The first-order valence-corrected chi connectivity index (χ1v) is 11.2. The first kappa shape index (κ1) is 25.6. The van der Waals surface area contributed by atoms with E-state index in [9.17, 15) is 19.2 Å². The van der Waals surface area contributed by atoms with Gasteiger partial charge in [0.1, 0.15) is 6.04 Å². The van der Waals surface area contributed by atoms with Gasteiger partial charge in [0, 0.05) is 18.5 Å². The Hall–Kier alpha value is -2.64. The molecule has 1 aliphatic carbocycles. The summed E-state index contributed by atoms with van der Waals surface area (Å²) in [5.74, 6) is -2.01. The number of hydrogen-bond acceptors (Lipinski definition) is 6. The lowest BCUT2D eigenvalue weighted by molar-refractivity contribution is -0.149. The number of nitrogens with zero attached hydrogens (tertiary/aromatic N) is 1. The fourth-order valence-electron chi connectivity index (χ4n) is 4.43. The second-order valence-corrected chi connectivity index (χ2v) is 9.46. The summed E-state index contributed by atoms with van der Waals surface area (Å²) in [6.45, 7) is 10.4. The zero-order chi connectivity index (χ0) is 24.1. The van der Waals surface area contributed by atoms with Gasteiger partial charge in [0.05, 0.1) is 26.1 Å². The molecule has 8 nitrogen and oxygen atoms in total. The number of carbonyl (C=O) groups is 4. The van der Waals surface area contributed by atoms with E-state index in [-0.39, 0.29) is 42.9 Å². The van der Waals surface area contributed by atoms with Gasteiger partial charge in [0.2, 0.25) is 17.6 Å². The van der Waals surface area contributed by atoms with Crippen LogP contribution in [0.4, 0.5) is 0 Å². The molecule has 0 radical (unpaired) electrons. The number of methoxy groups -OCH3 is 1. The maximum atomic E-state index is 13.7. The van der Waals surface area contributed by atoms with Crippen LogP contribution in [-0.4, -0.2) is 61.3 Å². The highest BCUT2D eigenvalue weighted by Gasteiger charge is 2.56. The van der Waals surface area contributed by atoms with Gasteiger partial charge in [-0.25, -0.2) is 0 Å². The Bertz CT molecular complexity index is 810. The predicted molar refractivity (Wildman–Crippen MR) is 119 cm³/mol. The van der Waals surface area contributed by atoms with E-state index in [4.69, 9.17) is 9.47 Å². The third-order valence-corrected chi connectivity index (χ3v) is 5.97. The Balaban J connectivity index is 2.48. The molecule has 2 amide bonds. The van der Waals surface area contributed by atoms with E-state index >= 15 is 0 Å². The first-order valence-electron chi connectivity index (χ1n) is 11.2. The molecule has 32 heavy (non-hydrogen) atoms. The van der Waals surface area contributed by atoms with Crippen LogP contribution >= 0.6 is 0 Å². The molecular weight excluding hydrogens is 412 g/mol. The number of unbranched alkanes of at least 4 members (excludes halogenated alkanes) is 1. The van der Waals surface area contributed by atoms with Crippen LogP contribution in [0.2, 0.25) is 0 Å². The number of ether oxygens (including phenoxy) is 2. The smallest absolute Gasteiger partial charge is 0.306 e. The molecule has 1 spiro atoms. The Morgan fingerprint density at radius 1 is 1.28 bits per heavy atom. The number of hydrogen-bond donors (Lipinski definition) is 1. The average Bonchev–Trinajstić information content (AvgIpc) is 2.95. The highest BCUT2D eigenvalue weighted by atomic mass is 16.5. The van der Waals surface area contributed by atoms with Gasteiger partial charge in [-0.15, -0.1) is 0 Å². The minimum absolute atomic E-state index is 0.121. The fourth-order valence-corrected chi connectivity index (χ4v) is 4.43. The number of likely N-dealkylation sites (tertiary alicyclic amines) is 1. The Morgan fingerprint density at radius 2 is 1.97 bits per heavy atom. The molecule has 0 saturated carbocycles. The summed E-state index contributed by atoms with van der Waals surface area (Å²) in [5, 5.41) is 2.95. The molecule has 1 saturated heterocycles. The van der Waals surface area contributed by atoms with Crippen LogP contribution in [0.1, 0.15) is 53.9 Å². The quantitative estimate of drug-likeness (QED) is 0.429. The van der Waals surface area contributed by atoms with Crippen molar-refractivity contribution in [3.8, 4) is 0 Å². The standard InChI is InChI=1S/C24H36N2O6/c1-7-9-12-25-21(29)20(23(3,4)5)26-15-24(11-10-17(27)18(14-24)31-6)16(22(26)30)13-19(28)32-8-2/h10-11,14,16,20H,7-9,12-13,15H2,1-6H3,(H,25,29)/t16-,20?,24+/m1/s1. The molecule has 1 heterocycles. The molecule has 1 fully saturated rings. The minimum Gasteiger partial charge on any atom is -0.493 e. The van der Waals surface area contributed by atoms with Crippen LogP contribution in [0.25, 0.3) is 0 Å². The number of carbonyl (C=O) groups excluding carboxylic acids is 4. The maximum absolute atomic E-state index is 13.7. The Labute approximate surface area is 190 Å². The van der Waals surface area contributed by atoms with E-state index in [0.717, 1.165) is 12.8 Å². The topological polar surface area (TPSA) is 102 Å². The molecule has 1 unspecified atom stereocenters. The summed E-state index contributed by atoms with van der Waals surface area (Å²) in [6, 6.07) is -0.735. The fraction of sp³-hybridized carbons (Fsp3) is 0.667. The molecular formula is C24H36N2O6. The van der Waals surface area contributed by atoms with Crippen molar-refractivity contribution in [3.63, 3.8) is 0 Å². The lowest BCUT2D eigenvalue weighted by Gasteiger charge is -2.37. The SMILES string of the molecule is CCCCNC(=O)C(N1C[C@@]2(C=CC(=O)C(OC)=C2)[C@H](CC(=O)OCC)C1=O)C(C)(C)C. The molecule has 0 aromatic heterocycles. The summed E-state index contributed by atoms with van der Waals surface area (Å²) >= 11 is 0. The van der Waals surface area contributed by atoms with Crippen molar-refractivity contribution in [1.29, 1.82) is 0 Å². The number of amides is 2. The highest BCUT2D eigenvalue weighted by Crippen LogP contribution is 2.47. The molecule has 0 aromatic rings. The predicted octanol–water partition coefficient (Wildman–Crippen LogP) is 2.38. The number of ketones is 1. The number of rotatable bonds is 9. The molecule has 0 bridgehead atoms. The van der Waals surface area contributed by atoms with Gasteiger partial charge in [-0.3, -0.25) is 19.2 Å². The summed E-state index contributed by atoms with van der Waals surface area (Å²) in [5.41, 5.74) is -1.50. The van der Waals surface area contributed by atoms with Crippen molar-refractivity contribution >= 4 is 23.6 Å².